The number of nitrogens with one attached hydrogen (secondary N) is 4. The zero-order valence-corrected chi connectivity index (χ0v) is 64.4. The van der Waals surface area contributed by atoms with Crippen LogP contribution in [0.2, 0.25) is 0 Å². The minimum absolute atomic E-state index is 0. The molecule has 4 amide bonds. The number of hydrogen-bond acceptors (Lipinski definition) is 45. The summed E-state index contributed by atoms with van der Waals surface area (Å²) in [6.07, 6.45) is -16.2. The smallest absolute Gasteiger partial charge is 0.303 e. The number of aromatic nitrogens is 8. The lowest BCUT2D eigenvalue weighted by Crippen LogP contribution is -2.46. The Morgan fingerprint density at radius 1 is 0.541 bits per heavy atom. The predicted octanol–water partition coefficient (Wildman–Crippen LogP) is -8.99. The van der Waals surface area contributed by atoms with Gasteiger partial charge in [0.1, 0.15) is 72.5 Å². The highest BCUT2D eigenvalue weighted by molar-refractivity contribution is 8.13. The van der Waals surface area contributed by atoms with Crippen molar-refractivity contribution < 1.29 is 191 Å². The number of nitrogens with two attached hydrogens (primary N) is 2. The number of carbonyl (C=O) groups excluding carboxylic acids is 5. The minimum Gasteiger partial charge on any atom is -0.790 e. The number of aliphatic hydroxyl groups excluding tert-OH is 4. The van der Waals surface area contributed by atoms with E-state index in [0.717, 1.165) is 46.2 Å². The van der Waals surface area contributed by atoms with Crippen LogP contribution >= 0.6 is 58.7 Å². The molecule has 14 atom stereocenters. The molecular weight excluding hydrogens is 1650 g/mol. The van der Waals surface area contributed by atoms with Gasteiger partial charge in [-0.25, -0.2) is 38.5 Å². The van der Waals surface area contributed by atoms with Crippen LogP contribution in [0.3, 0.4) is 0 Å². The Hall–Kier alpha value is -6.53. The van der Waals surface area contributed by atoms with Gasteiger partial charge in [0.25, 0.3) is 31.3 Å². The van der Waals surface area contributed by atoms with Crippen molar-refractivity contribution in [2.75, 3.05) is 69.8 Å². The van der Waals surface area contributed by atoms with Gasteiger partial charge in [-0.2, -0.15) is 0 Å². The van der Waals surface area contributed by atoms with Gasteiger partial charge in [0.2, 0.25) is 23.6 Å². The van der Waals surface area contributed by atoms with E-state index in [1.165, 1.54) is 27.7 Å². The summed E-state index contributed by atoms with van der Waals surface area (Å²) in [7, 11) is -35.1. The average Bonchev–Trinajstić information content (AvgIpc) is 1.62. The van der Waals surface area contributed by atoms with Crippen LogP contribution in [0.4, 0.5) is 11.6 Å². The Bertz CT molecular complexity index is 4160. The summed E-state index contributed by atoms with van der Waals surface area (Å²) >= 11 is 0.837. The third-order valence-corrected chi connectivity index (χ3v) is 21.2. The summed E-state index contributed by atoms with van der Waals surface area (Å²) in [6.45, 7) is 1.94. The Morgan fingerprint density at radius 2 is 0.892 bits per heavy atom. The van der Waals surface area contributed by atoms with E-state index in [9.17, 15) is 125 Å². The number of carbonyl (C=O) groups is 8. The second-order valence-corrected chi connectivity index (χ2v) is 33.3. The number of carboxylic acids is 3. The number of fused-ring (bicyclic) bond motifs is 2. The summed E-state index contributed by atoms with van der Waals surface area (Å²) in [5, 5.41) is 75.8. The molecule has 0 spiro atoms. The van der Waals surface area contributed by atoms with Crippen molar-refractivity contribution in [2.24, 2.45) is 10.8 Å². The number of hydrogen-bond donors (Lipinski definition) is 13. The number of amides is 4. The van der Waals surface area contributed by atoms with Crippen LogP contribution in [0.1, 0.15) is 85.6 Å². The van der Waals surface area contributed by atoms with Gasteiger partial charge in [0.15, 0.2) is 40.5 Å². The molecule has 14 unspecified atom stereocenters. The van der Waals surface area contributed by atoms with E-state index in [2.05, 4.69) is 86.9 Å². The predicted molar refractivity (Wildman–Crippen MR) is 350 cm³/mol. The lowest BCUT2D eigenvalue weighted by Gasteiger charge is -2.36. The van der Waals surface area contributed by atoms with Crippen LogP contribution in [-0.2, 0) is 111 Å². The molecule has 4 aromatic rings. The van der Waals surface area contributed by atoms with Gasteiger partial charge in [-0.3, -0.25) is 65.8 Å². The van der Waals surface area contributed by atoms with E-state index < -0.39 is 181 Å². The number of imidazole rings is 2. The molecule has 0 aromatic carbocycles. The van der Waals surface area contributed by atoms with Crippen LogP contribution in [0.5, 0.6) is 0 Å². The number of anilines is 2. The molecule has 2 aliphatic rings. The Kier molecular flexibility index (Phi) is 38.0. The zero-order chi connectivity index (χ0) is 83.3. The standard InChI is InChI=1S/C25H40N7O19P3S.C21H36N7O16P3.C4H6O4.H2O/c1-25(2,20(38)23(39)28-6-5-14(33)27-7-8-55-16(36)4-3-15(34)35)10-48-54(45,46)51-53(43,44)47-9-13-19(50-52(40,41)42)18(37)24(49-13)32-12-31-17-21(26)29-11-30-22(17)32;1-4-23-12(29)5-6-24-19(32)16(31)21(2,3)8-41-47(38,39)44-46(36,37)40-7-11-15(43-45(33,34)35)14(30)20(42-11)28-10-27-13-17(22)25-9-26-18(13)28;5-3(6)1-2-4(7)8;/h11-13,18-20,24,37-38H,3-10H2,1-2H3,(H,27,33)(H,28,39)(H,34,35)(H,43,44)(H,45,46)(H2,26,29,30)(H2,40,41,42);9-11,14-16,20,30-31H,4-8H2,1-3H3,(H,23,29)(H,24,32)(H,36,37)(H,38,39)(H2,22,25,26)(H2,33,34,35);1-2H2,(H,5,6)(H,7,8);1H2/p-8. The Labute approximate surface area is 629 Å². The maximum Gasteiger partial charge on any atom is 0.303 e. The largest absolute Gasteiger partial charge is 0.790 e. The quantitative estimate of drug-likeness (QED) is 0.0145. The van der Waals surface area contributed by atoms with Crippen LogP contribution in [-0.4, -0.2) is 234 Å². The van der Waals surface area contributed by atoms with Crippen molar-refractivity contribution in [2.45, 2.75) is 134 Å². The Morgan fingerprint density at radius 3 is 1.24 bits per heavy atom. The number of rotatable bonds is 42. The molecule has 111 heavy (non-hydrogen) atoms. The number of ether oxygens (including phenoxy) is 2. The molecule has 2 fully saturated rings. The normalized spacial score (nSPS) is 21.4. The van der Waals surface area contributed by atoms with E-state index in [4.69, 9.17) is 36.3 Å². The summed E-state index contributed by atoms with van der Waals surface area (Å²) < 4.78 is 120. The highest BCUT2D eigenvalue weighted by Gasteiger charge is 2.49. The third-order valence-electron chi connectivity index (χ3n) is 14.3. The average molecular weight is 1730 g/mol. The van der Waals surface area contributed by atoms with Gasteiger partial charge in [-0.15, -0.1) is 0 Å². The number of aliphatic carboxylic acids is 3. The van der Waals surface area contributed by atoms with Crippen molar-refractivity contribution in [3.63, 3.8) is 0 Å². The van der Waals surface area contributed by atoms with Crippen LogP contribution < -0.4 is 71.9 Å². The maximum atomic E-state index is 12.5. The number of thioether (sulfide) groups is 1. The molecule has 2 aliphatic heterocycles. The fourth-order valence-electron chi connectivity index (χ4n) is 8.88. The number of nitrogen functional groups attached to an aromatic ring is 2. The fraction of sp³-hybridized carbons (Fsp3) is 0.640. The summed E-state index contributed by atoms with van der Waals surface area (Å²) in [5.41, 5.74) is 8.12. The van der Waals surface area contributed by atoms with Gasteiger partial charge >= 0.3 is 17.9 Å². The first kappa shape index (κ1) is 98.7. The fourth-order valence-corrected chi connectivity index (χ4v) is 15.0. The van der Waals surface area contributed by atoms with Crippen LogP contribution in [0.25, 0.3) is 22.3 Å². The SMILES string of the molecule is CC(C)(COP(=O)([O-])OP(=O)([O-])OCC1OC(n2cnc3c(N)ncnc32)C(O)C1OP(=O)([O-])[O-])C(O)C(=O)NCCC(=O)NCCSC(=O)CCC(=O)O.CCNC(=O)CCNC(=O)C(O)C(C)(C)COP(=O)([O-])OP(=O)([O-])OCC1OC(n2cnc3c(N)ncnc32)C(O)C1OP(=O)([O-])[O-].O.O=C(O)CCC(=O)O. The second-order valence-electron chi connectivity index (χ2n) is 24.0. The lowest BCUT2D eigenvalue weighted by atomic mass is 9.87. The minimum atomic E-state index is -5.93. The van der Waals surface area contributed by atoms with Gasteiger partial charge in [-0.1, -0.05) is 39.5 Å². The topological polar surface area (TPSA) is 876 Å². The molecule has 630 valence electrons. The molecule has 0 radical (unpaired) electrons. The van der Waals surface area contributed by atoms with Crippen molar-refractivity contribution in [3.05, 3.63) is 25.3 Å². The van der Waals surface area contributed by atoms with Crippen LogP contribution in [0.15, 0.2) is 25.3 Å². The first-order chi connectivity index (χ1) is 50.7. The monoisotopic (exact) mass is 1730 g/mol. The van der Waals surface area contributed by atoms with Crippen LogP contribution in [0, 0.1) is 10.8 Å². The molecule has 6 rings (SSSR count). The number of aliphatic hydroxyl groups is 4. The lowest BCUT2D eigenvalue weighted by molar-refractivity contribution is -0.348. The highest BCUT2D eigenvalue weighted by Crippen LogP contribution is 2.58. The molecule has 61 heteroatoms. The maximum absolute atomic E-state index is 12.5. The third kappa shape index (κ3) is 33.1. The summed E-state index contributed by atoms with van der Waals surface area (Å²) in [4.78, 5) is 208. The molecule has 4 aromatic heterocycles. The Balaban J connectivity index is 0.000000523. The van der Waals surface area contributed by atoms with Gasteiger partial charge in [0, 0.05) is 62.0 Å². The first-order valence-corrected chi connectivity index (χ1v) is 40.9. The molecule has 6 heterocycles. The molecule has 2 saturated heterocycles. The van der Waals surface area contributed by atoms with Crippen molar-refractivity contribution in [1.82, 2.24) is 60.3 Å². The number of phosphoric acid groups is 6. The summed E-state index contributed by atoms with van der Waals surface area (Å²) in [6, 6.07) is 0. The highest BCUT2D eigenvalue weighted by atomic mass is 32.2. The van der Waals surface area contributed by atoms with E-state index in [1.54, 1.807) is 6.92 Å². The zero-order valence-electron chi connectivity index (χ0n) is 58.2. The van der Waals surface area contributed by atoms with E-state index in [1.807, 2.05) is 0 Å². The van der Waals surface area contributed by atoms with E-state index in [0.29, 0.717) is 6.54 Å². The molecule has 0 bridgehead atoms. The van der Waals surface area contributed by atoms with Crippen molar-refractivity contribution in [1.29, 1.82) is 0 Å². The number of nitrogens with zero attached hydrogens (tertiary/aromatic N) is 8. The number of carboxylic acid groups (broad SMARTS) is 3. The van der Waals surface area contributed by atoms with E-state index >= 15 is 0 Å². The van der Waals surface area contributed by atoms with Crippen molar-refractivity contribution in [3.8, 4) is 0 Å². The molecule has 17 N–H and O–H groups in total. The van der Waals surface area contributed by atoms with Gasteiger partial charge in [0.05, 0.1) is 74.0 Å². The number of phosphoric ester groups is 6. The first-order valence-electron chi connectivity index (χ1n) is 31.1. The molecule has 54 nitrogen and oxygen atoms in total. The molecule has 0 saturated carbocycles. The summed E-state index contributed by atoms with van der Waals surface area (Å²) in [5.74, 6) is -6.19. The van der Waals surface area contributed by atoms with Gasteiger partial charge in [-0.05, 0) is 6.92 Å². The second kappa shape index (κ2) is 42.7. The van der Waals surface area contributed by atoms with E-state index in [-0.39, 0.29) is 114 Å². The van der Waals surface area contributed by atoms with Crippen molar-refractivity contribution >= 4 is 139 Å². The molecular formula is C50H76N14O40P6S-8. The van der Waals surface area contributed by atoms with Gasteiger partial charge < -0.3 is 159 Å². The molecule has 0 aliphatic carbocycles.